The molecule has 28 heavy (non-hydrogen) atoms. The van der Waals surface area contributed by atoms with Crippen molar-refractivity contribution in [1.29, 1.82) is 0 Å². The summed E-state index contributed by atoms with van der Waals surface area (Å²) in [4.78, 5) is 18.3. The number of carbonyl (C=O) groups excluding carboxylic acids is 1. The van der Waals surface area contributed by atoms with Crippen LogP contribution in [0.25, 0.3) is 22.2 Å². The SMILES string of the molecule is CN(C)c1ccc(-c2cc(Cl)c3oc(CNC(=O)OC(C)(C)C)cc3c2)nc1. The van der Waals surface area contributed by atoms with E-state index in [1.165, 1.54) is 0 Å². The molecule has 1 N–H and O–H groups in total. The first-order valence-corrected chi connectivity index (χ1v) is 9.33. The molecule has 1 aromatic carbocycles. The largest absolute Gasteiger partial charge is 0.458 e. The fourth-order valence-corrected chi connectivity index (χ4v) is 2.96. The van der Waals surface area contributed by atoms with Gasteiger partial charge in [-0.15, -0.1) is 0 Å². The van der Waals surface area contributed by atoms with E-state index in [1.54, 1.807) is 0 Å². The summed E-state index contributed by atoms with van der Waals surface area (Å²) in [6.45, 7) is 5.65. The molecule has 2 aromatic heterocycles. The average Bonchev–Trinajstić information content (AvgIpc) is 3.02. The molecular formula is C21H24ClN3O3. The lowest BCUT2D eigenvalue weighted by Gasteiger charge is -2.19. The Morgan fingerprint density at radius 1 is 1.25 bits per heavy atom. The van der Waals surface area contributed by atoms with Gasteiger partial charge >= 0.3 is 6.09 Å². The van der Waals surface area contributed by atoms with Crippen molar-refractivity contribution >= 4 is 34.4 Å². The molecule has 0 saturated heterocycles. The van der Waals surface area contributed by atoms with Crippen molar-refractivity contribution in [1.82, 2.24) is 10.3 Å². The minimum absolute atomic E-state index is 0.213. The number of aromatic nitrogens is 1. The summed E-state index contributed by atoms with van der Waals surface area (Å²) in [5.41, 5.74) is 2.77. The summed E-state index contributed by atoms with van der Waals surface area (Å²) in [5.74, 6) is 0.593. The number of rotatable bonds is 4. The Kier molecular flexibility index (Phi) is 5.52. The van der Waals surface area contributed by atoms with Crippen LogP contribution in [0.3, 0.4) is 0 Å². The Labute approximate surface area is 169 Å². The molecule has 6 nitrogen and oxygen atoms in total. The minimum Gasteiger partial charge on any atom is -0.458 e. The fourth-order valence-electron chi connectivity index (χ4n) is 2.69. The maximum atomic E-state index is 11.8. The number of halogens is 1. The molecule has 7 heteroatoms. The molecule has 0 fully saturated rings. The zero-order valence-corrected chi connectivity index (χ0v) is 17.4. The number of amides is 1. The van der Waals surface area contributed by atoms with E-state index in [0.29, 0.717) is 16.4 Å². The Balaban J connectivity index is 1.80. The molecule has 0 atom stereocenters. The predicted octanol–water partition coefficient (Wildman–Crippen LogP) is 5.24. The summed E-state index contributed by atoms with van der Waals surface area (Å²) >= 11 is 6.42. The number of furan rings is 1. The van der Waals surface area contributed by atoms with Gasteiger partial charge in [0.1, 0.15) is 11.4 Å². The van der Waals surface area contributed by atoms with Crippen molar-refractivity contribution < 1.29 is 13.9 Å². The Morgan fingerprint density at radius 3 is 2.61 bits per heavy atom. The predicted molar refractivity (Wildman–Crippen MR) is 112 cm³/mol. The zero-order chi connectivity index (χ0) is 20.5. The standard InChI is InChI=1S/C21H24ClN3O3/c1-21(2,3)28-20(26)24-12-16-9-14-8-13(10-17(22)19(14)27-16)18-7-6-15(11-23-18)25(4)5/h6-11H,12H2,1-5H3,(H,24,26). The van der Waals surface area contributed by atoms with Crippen molar-refractivity contribution in [2.24, 2.45) is 0 Å². The number of nitrogens with zero attached hydrogens (tertiary/aromatic N) is 2. The molecule has 0 radical (unpaired) electrons. The third kappa shape index (κ3) is 4.75. The van der Waals surface area contributed by atoms with Crippen LogP contribution in [0, 0.1) is 0 Å². The monoisotopic (exact) mass is 401 g/mol. The second-order valence-electron chi connectivity index (χ2n) is 7.74. The molecule has 0 aliphatic carbocycles. The number of benzene rings is 1. The van der Waals surface area contributed by atoms with Crippen LogP contribution in [0.1, 0.15) is 26.5 Å². The maximum absolute atomic E-state index is 11.8. The maximum Gasteiger partial charge on any atom is 0.408 e. The number of nitrogens with one attached hydrogen (secondary N) is 1. The van der Waals surface area contributed by atoms with E-state index < -0.39 is 11.7 Å². The topological polar surface area (TPSA) is 67.6 Å². The normalized spacial score (nSPS) is 11.5. The first-order valence-electron chi connectivity index (χ1n) is 8.95. The Bertz CT molecular complexity index is 989. The summed E-state index contributed by atoms with van der Waals surface area (Å²) < 4.78 is 11.0. The number of hydrogen-bond acceptors (Lipinski definition) is 5. The van der Waals surface area contributed by atoms with Crippen LogP contribution in [0.4, 0.5) is 10.5 Å². The molecule has 0 spiro atoms. The van der Waals surface area contributed by atoms with Gasteiger partial charge in [-0.05, 0) is 51.1 Å². The molecule has 0 aliphatic rings. The van der Waals surface area contributed by atoms with Crippen molar-refractivity contribution in [2.45, 2.75) is 32.9 Å². The molecule has 3 aromatic rings. The smallest absolute Gasteiger partial charge is 0.408 e. The van der Waals surface area contributed by atoms with E-state index in [1.807, 2.05) is 76.3 Å². The summed E-state index contributed by atoms with van der Waals surface area (Å²) in [6.07, 6.45) is 1.32. The number of carbonyl (C=O) groups is 1. The van der Waals surface area contributed by atoms with Gasteiger partial charge < -0.3 is 19.4 Å². The molecule has 2 heterocycles. The zero-order valence-electron chi connectivity index (χ0n) is 16.7. The van der Waals surface area contributed by atoms with E-state index in [4.69, 9.17) is 20.8 Å². The van der Waals surface area contributed by atoms with Crippen molar-refractivity contribution in [2.75, 3.05) is 19.0 Å². The van der Waals surface area contributed by atoms with Crippen LogP contribution >= 0.6 is 11.6 Å². The number of anilines is 1. The summed E-state index contributed by atoms with van der Waals surface area (Å²) in [6, 6.07) is 9.62. The van der Waals surface area contributed by atoms with Gasteiger partial charge in [0.05, 0.1) is 29.1 Å². The highest BCUT2D eigenvalue weighted by Gasteiger charge is 2.17. The van der Waals surface area contributed by atoms with E-state index >= 15 is 0 Å². The molecule has 0 unspecified atom stereocenters. The van der Waals surface area contributed by atoms with Crippen molar-refractivity contribution in [3.63, 3.8) is 0 Å². The highest BCUT2D eigenvalue weighted by atomic mass is 35.5. The lowest BCUT2D eigenvalue weighted by molar-refractivity contribution is 0.0520. The third-order valence-corrected chi connectivity index (χ3v) is 4.27. The molecule has 0 aliphatic heterocycles. The second-order valence-corrected chi connectivity index (χ2v) is 8.15. The van der Waals surface area contributed by atoms with E-state index in [-0.39, 0.29) is 6.54 Å². The highest BCUT2D eigenvalue weighted by Crippen LogP contribution is 2.32. The number of alkyl carbamates (subject to hydrolysis) is 1. The lowest BCUT2D eigenvalue weighted by Crippen LogP contribution is -2.32. The van der Waals surface area contributed by atoms with Gasteiger partial charge in [-0.3, -0.25) is 4.98 Å². The van der Waals surface area contributed by atoms with E-state index in [0.717, 1.165) is 22.3 Å². The molecule has 3 rings (SSSR count). The first-order chi connectivity index (χ1) is 13.1. The van der Waals surface area contributed by atoms with Crippen LogP contribution in [0.2, 0.25) is 5.02 Å². The fraction of sp³-hybridized carbons (Fsp3) is 0.333. The molecule has 0 saturated carbocycles. The van der Waals surface area contributed by atoms with Gasteiger partial charge in [-0.2, -0.15) is 0 Å². The number of ether oxygens (including phenoxy) is 1. The Hall–Kier alpha value is -2.73. The molecule has 148 valence electrons. The van der Waals surface area contributed by atoms with Crippen LogP contribution < -0.4 is 10.2 Å². The van der Waals surface area contributed by atoms with Crippen molar-refractivity contribution in [3.05, 3.63) is 47.3 Å². The Morgan fingerprint density at radius 2 is 2.00 bits per heavy atom. The first kappa shape index (κ1) is 20.0. The summed E-state index contributed by atoms with van der Waals surface area (Å²) in [7, 11) is 3.94. The quantitative estimate of drug-likeness (QED) is 0.647. The molecular weight excluding hydrogens is 378 g/mol. The summed E-state index contributed by atoms with van der Waals surface area (Å²) in [5, 5.41) is 4.03. The van der Waals surface area contributed by atoms with Gasteiger partial charge in [0.15, 0.2) is 5.58 Å². The van der Waals surface area contributed by atoms with Gasteiger partial charge in [0.2, 0.25) is 0 Å². The number of fused-ring (bicyclic) bond motifs is 1. The van der Waals surface area contributed by atoms with Gasteiger partial charge in [-0.1, -0.05) is 11.6 Å². The average molecular weight is 402 g/mol. The van der Waals surface area contributed by atoms with E-state index in [9.17, 15) is 4.79 Å². The van der Waals surface area contributed by atoms with Crippen LogP contribution in [0.5, 0.6) is 0 Å². The van der Waals surface area contributed by atoms with Crippen LogP contribution in [0.15, 0.2) is 40.9 Å². The van der Waals surface area contributed by atoms with Gasteiger partial charge in [-0.25, -0.2) is 4.79 Å². The third-order valence-electron chi connectivity index (χ3n) is 3.99. The van der Waals surface area contributed by atoms with E-state index in [2.05, 4.69) is 10.3 Å². The second kappa shape index (κ2) is 7.72. The van der Waals surface area contributed by atoms with Gasteiger partial charge in [0.25, 0.3) is 0 Å². The molecule has 1 amide bonds. The van der Waals surface area contributed by atoms with Crippen LogP contribution in [-0.2, 0) is 11.3 Å². The number of hydrogen-bond donors (Lipinski definition) is 1. The van der Waals surface area contributed by atoms with Crippen LogP contribution in [-0.4, -0.2) is 30.8 Å². The highest BCUT2D eigenvalue weighted by molar-refractivity contribution is 6.35. The van der Waals surface area contributed by atoms with Gasteiger partial charge in [0, 0.05) is 25.0 Å². The number of pyridine rings is 1. The minimum atomic E-state index is -0.550. The lowest BCUT2D eigenvalue weighted by atomic mass is 10.1. The molecule has 0 bridgehead atoms. The van der Waals surface area contributed by atoms with Crippen molar-refractivity contribution in [3.8, 4) is 11.3 Å².